The van der Waals surface area contributed by atoms with Crippen molar-refractivity contribution in [3.05, 3.63) is 0 Å². The summed E-state index contributed by atoms with van der Waals surface area (Å²) in [6.45, 7) is 6.99. The smallest absolute Gasteiger partial charge is 0.307 e. The zero-order valence-electron chi connectivity index (χ0n) is 11.4. The molecule has 0 aliphatic heterocycles. The van der Waals surface area contributed by atoms with Gasteiger partial charge in [0, 0.05) is 22.6 Å². The lowest BCUT2D eigenvalue weighted by Crippen LogP contribution is -2.41. The summed E-state index contributed by atoms with van der Waals surface area (Å²) >= 11 is 0. The minimum atomic E-state index is -1.46. The van der Waals surface area contributed by atoms with E-state index in [-0.39, 0.29) is 17.7 Å². The average molecular weight is 277 g/mol. The number of hydrogen-bond donors (Lipinski definition) is 2. The SMILES string of the molecule is CCCC(C)NC(=O)C(C)S(=O)CC(C)C(=O)O. The third-order valence-corrected chi connectivity index (χ3v) is 4.54. The van der Waals surface area contributed by atoms with Crippen LogP contribution in [0.1, 0.15) is 40.5 Å². The molecule has 0 heterocycles. The molecule has 0 radical (unpaired) electrons. The Hall–Kier alpha value is -0.910. The Morgan fingerprint density at radius 2 is 1.83 bits per heavy atom. The van der Waals surface area contributed by atoms with Gasteiger partial charge in [0.1, 0.15) is 5.25 Å². The van der Waals surface area contributed by atoms with Crippen molar-refractivity contribution in [1.82, 2.24) is 5.32 Å². The minimum absolute atomic E-state index is 0.00603. The number of amides is 1. The van der Waals surface area contributed by atoms with Crippen molar-refractivity contribution in [3.8, 4) is 0 Å². The van der Waals surface area contributed by atoms with E-state index in [1.165, 1.54) is 6.92 Å². The van der Waals surface area contributed by atoms with Crippen molar-refractivity contribution >= 4 is 22.7 Å². The van der Waals surface area contributed by atoms with Gasteiger partial charge in [0.05, 0.1) is 5.92 Å². The number of aliphatic carboxylic acids is 1. The Balaban J connectivity index is 4.28. The Bertz CT molecular complexity index is 319. The second-order valence-electron chi connectivity index (χ2n) is 4.63. The lowest BCUT2D eigenvalue weighted by Gasteiger charge is -2.17. The van der Waals surface area contributed by atoms with Crippen LogP contribution in [0.4, 0.5) is 0 Å². The summed E-state index contributed by atoms with van der Waals surface area (Å²) in [4.78, 5) is 22.4. The van der Waals surface area contributed by atoms with E-state index >= 15 is 0 Å². The first kappa shape index (κ1) is 17.1. The Labute approximate surface area is 111 Å². The van der Waals surface area contributed by atoms with Crippen molar-refractivity contribution < 1.29 is 18.9 Å². The summed E-state index contributed by atoms with van der Waals surface area (Å²) in [6, 6.07) is 0.0545. The molecule has 0 aromatic heterocycles. The van der Waals surface area contributed by atoms with Crippen LogP contribution in [0.5, 0.6) is 0 Å². The van der Waals surface area contributed by atoms with Gasteiger partial charge in [0.25, 0.3) is 0 Å². The van der Waals surface area contributed by atoms with Gasteiger partial charge in [0.2, 0.25) is 5.91 Å². The standard InChI is InChI=1S/C12H23NO4S/c1-5-6-9(3)13-11(14)10(4)18(17)7-8(2)12(15)16/h8-10H,5-7H2,1-4H3,(H,13,14)(H,15,16). The van der Waals surface area contributed by atoms with Crippen molar-refractivity contribution in [2.45, 2.75) is 51.8 Å². The second-order valence-corrected chi connectivity index (χ2v) is 6.43. The monoisotopic (exact) mass is 277 g/mol. The van der Waals surface area contributed by atoms with Crippen molar-refractivity contribution in [1.29, 1.82) is 0 Å². The number of carboxylic acid groups (broad SMARTS) is 1. The first-order valence-corrected chi connectivity index (χ1v) is 7.58. The van der Waals surface area contributed by atoms with E-state index in [4.69, 9.17) is 5.11 Å². The predicted molar refractivity (Wildman–Crippen MR) is 71.8 cm³/mol. The topological polar surface area (TPSA) is 83.5 Å². The summed E-state index contributed by atoms with van der Waals surface area (Å²) in [5.41, 5.74) is 0. The summed E-state index contributed by atoms with van der Waals surface area (Å²) in [6.07, 6.45) is 1.84. The van der Waals surface area contributed by atoms with Gasteiger partial charge in [0.15, 0.2) is 0 Å². The fraction of sp³-hybridized carbons (Fsp3) is 0.833. The van der Waals surface area contributed by atoms with Crippen LogP contribution in [0.25, 0.3) is 0 Å². The maximum absolute atomic E-state index is 11.8. The number of carbonyl (C=O) groups excluding carboxylic acids is 1. The quantitative estimate of drug-likeness (QED) is 0.697. The molecule has 0 fully saturated rings. The first-order chi connectivity index (χ1) is 8.29. The molecule has 0 saturated carbocycles. The van der Waals surface area contributed by atoms with Gasteiger partial charge in [-0.05, 0) is 20.3 Å². The molecular weight excluding hydrogens is 254 g/mol. The highest BCUT2D eigenvalue weighted by Crippen LogP contribution is 2.05. The van der Waals surface area contributed by atoms with E-state index in [1.807, 2.05) is 13.8 Å². The summed E-state index contributed by atoms with van der Waals surface area (Å²) in [7, 11) is -1.46. The Morgan fingerprint density at radius 3 is 2.28 bits per heavy atom. The lowest BCUT2D eigenvalue weighted by atomic mass is 10.2. The Kier molecular flexibility index (Phi) is 7.82. The largest absolute Gasteiger partial charge is 0.481 e. The normalized spacial score (nSPS) is 17.6. The third kappa shape index (κ3) is 6.14. The van der Waals surface area contributed by atoms with E-state index in [0.29, 0.717) is 0 Å². The first-order valence-electron chi connectivity index (χ1n) is 6.19. The number of hydrogen-bond acceptors (Lipinski definition) is 3. The average Bonchev–Trinajstić information content (AvgIpc) is 2.27. The fourth-order valence-electron chi connectivity index (χ4n) is 1.45. The van der Waals surface area contributed by atoms with Gasteiger partial charge < -0.3 is 10.4 Å². The second kappa shape index (κ2) is 8.24. The van der Waals surface area contributed by atoms with Gasteiger partial charge in [-0.15, -0.1) is 0 Å². The van der Waals surface area contributed by atoms with Crippen LogP contribution in [-0.2, 0) is 20.4 Å². The van der Waals surface area contributed by atoms with Crippen molar-refractivity contribution in [2.75, 3.05) is 5.75 Å². The molecule has 0 aliphatic carbocycles. The number of rotatable bonds is 8. The van der Waals surface area contributed by atoms with Crippen LogP contribution in [0.3, 0.4) is 0 Å². The molecule has 0 aliphatic rings. The highest BCUT2D eigenvalue weighted by Gasteiger charge is 2.24. The zero-order valence-corrected chi connectivity index (χ0v) is 12.3. The van der Waals surface area contributed by atoms with Crippen LogP contribution >= 0.6 is 0 Å². The molecule has 106 valence electrons. The molecule has 18 heavy (non-hydrogen) atoms. The molecule has 0 spiro atoms. The van der Waals surface area contributed by atoms with E-state index in [2.05, 4.69) is 5.32 Å². The number of nitrogens with one attached hydrogen (secondary N) is 1. The highest BCUT2D eigenvalue weighted by molar-refractivity contribution is 7.86. The molecule has 0 aromatic rings. The highest BCUT2D eigenvalue weighted by atomic mass is 32.2. The van der Waals surface area contributed by atoms with Gasteiger partial charge in [-0.25, -0.2) is 0 Å². The summed E-state index contributed by atoms with van der Waals surface area (Å²) in [5.74, 6) is -1.96. The molecule has 6 heteroatoms. The van der Waals surface area contributed by atoms with Gasteiger partial charge >= 0.3 is 5.97 Å². The molecule has 0 aromatic carbocycles. The summed E-state index contributed by atoms with van der Waals surface area (Å²) in [5, 5.41) is 10.8. The van der Waals surface area contributed by atoms with E-state index in [9.17, 15) is 13.8 Å². The molecule has 4 unspecified atom stereocenters. The van der Waals surface area contributed by atoms with Crippen LogP contribution in [0.15, 0.2) is 0 Å². The zero-order chi connectivity index (χ0) is 14.3. The molecule has 0 saturated heterocycles. The van der Waals surface area contributed by atoms with E-state index in [0.717, 1.165) is 12.8 Å². The van der Waals surface area contributed by atoms with E-state index < -0.39 is 27.9 Å². The van der Waals surface area contributed by atoms with Crippen LogP contribution in [0.2, 0.25) is 0 Å². The van der Waals surface area contributed by atoms with Crippen LogP contribution in [-0.4, -0.2) is 38.2 Å². The van der Waals surface area contributed by atoms with Crippen molar-refractivity contribution in [2.24, 2.45) is 5.92 Å². The van der Waals surface area contributed by atoms with Crippen LogP contribution in [0, 0.1) is 5.92 Å². The van der Waals surface area contributed by atoms with Gasteiger partial charge in [-0.2, -0.15) is 0 Å². The van der Waals surface area contributed by atoms with E-state index in [1.54, 1.807) is 6.92 Å². The maximum atomic E-state index is 11.8. The Morgan fingerprint density at radius 1 is 1.28 bits per heavy atom. The van der Waals surface area contributed by atoms with Gasteiger partial charge in [-0.1, -0.05) is 20.3 Å². The molecule has 4 atom stereocenters. The van der Waals surface area contributed by atoms with Crippen molar-refractivity contribution in [3.63, 3.8) is 0 Å². The predicted octanol–water partition coefficient (Wildman–Crippen LogP) is 1.15. The molecular formula is C12H23NO4S. The van der Waals surface area contributed by atoms with Gasteiger partial charge in [-0.3, -0.25) is 13.8 Å². The third-order valence-electron chi connectivity index (χ3n) is 2.71. The fourth-order valence-corrected chi connectivity index (χ4v) is 2.68. The molecule has 0 rings (SSSR count). The molecule has 2 N–H and O–H groups in total. The number of carboxylic acids is 1. The minimum Gasteiger partial charge on any atom is -0.481 e. The lowest BCUT2D eigenvalue weighted by molar-refractivity contribution is -0.140. The summed E-state index contributed by atoms with van der Waals surface area (Å²) < 4.78 is 11.8. The molecule has 5 nitrogen and oxygen atoms in total. The molecule has 1 amide bonds. The van der Waals surface area contributed by atoms with Crippen LogP contribution < -0.4 is 5.32 Å². The maximum Gasteiger partial charge on any atom is 0.307 e. The number of carbonyl (C=O) groups is 2. The molecule has 0 bridgehead atoms.